The first-order valence-electron chi connectivity index (χ1n) is 8.37. The van der Waals surface area contributed by atoms with Gasteiger partial charge < -0.3 is 24.4 Å². The maximum Gasteiger partial charge on any atom is 0.224 e. The quantitative estimate of drug-likeness (QED) is 0.779. The van der Waals surface area contributed by atoms with Crippen LogP contribution in [-0.2, 0) is 16.0 Å². The van der Waals surface area contributed by atoms with Crippen molar-refractivity contribution in [3.8, 4) is 11.5 Å². The summed E-state index contributed by atoms with van der Waals surface area (Å²) in [6.45, 7) is 3.73. The number of hydrogen-bond donors (Lipinski definition) is 1. The predicted octanol–water partition coefficient (Wildman–Crippen LogP) is 1.47. The Hall–Kier alpha value is -1.79. The molecule has 1 aromatic rings. The number of likely N-dealkylation sites (tertiary alicyclic amines) is 1. The predicted molar refractivity (Wildman–Crippen MR) is 92.7 cm³/mol. The fourth-order valence-electron chi connectivity index (χ4n) is 2.98. The van der Waals surface area contributed by atoms with Gasteiger partial charge in [-0.05, 0) is 30.5 Å². The maximum atomic E-state index is 12.3. The second kappa shape index (κ2) is 9.49. The van der Waals surface area contributed by atoms with Crippen molar-refractivity contribution in [1.29, 1.82) is 0 Å². The molecule has 1 fully saturated rings. The van der Waals surface area contributed by atoms with Crippen molar-refractivity contribution in [1.82, 2.24) is 10.2 Å². The van der Waals surface area contributed by atoms with Gasteiger partial charge in [-0.2, -0.15) is 0 Å². The Kier molecular flexibility index (Phi) is 7.34. The maximum absolute atomic E-state index is 12.3. The van der Waals surface area contributed by atoms with Gasteiger partial charge in [0.25, 0.3) is 0 Å². The van der Waals surface area contributed by atoms with Crippen molar-refractivity contribution in [2.75, 3.05) is 47.6 Å². The van der Waals surface area contributed by atoms with Crippen LogP contribution < -0.4 is 14.8 Å². The molecule has 1 aromatic carbocycles. The Labute approximate surface area is 144 Å². The molecule has 6 nitrogen and oxygen atoms in total. The number of methoxy groups -OCH3 is 3. The van der Waals surface area contributed by atoms with Crippen LogP contribution in [-0.4, -0.2) is 64.4 Å². The van der Waals surface area contributed by atoms with E-state index in [4.69, 9.17) is 14.2 Å². The number of hydrogen-bond acceptors (Lipinski definition) is 5. The molecule has 0 spiro atoms. The third kappa shape index (κ3) is 5.39. The minimum absolute atomic E-state index is 0.0533. The number of carbonyl (C=O) groups excluding carboxylic acids is 1. The molecule has 0 unspecified atom stereocenters. The molecule has 6 heteroatoms. The molecule has 0 aliphatic carbocycles. The molecular formula is C18H28N2O4. The normalized spacial score (nSPS) is 16.0. The first kappa shape index (κ1) is 18.5. The van der Waals surface area contributed by atoms with Crippen LogP contribution in [0.3, 0.4) is 0 Å². The minimum Gasteiger partial charge on any atom is -0.493 e. The van der Waals surface area contributed by atoms with E-state index in [9.17, 15) is 4.79 Å². The highest BCUT2D eigenvalue weighted by atomic mass is 16.5. The highest BCUT2D eigenvalue weighted by Gasteiger charge is 2.20. The number of piperidine rings is 1. The third-order valence-electron chi connectivity index (χ3n) is 4.38. The van der Waals surface area contributed by atoms with Gasteiger partial charge in [0.15, 0.2) is 11.5 Å². The number of nitrogens with zero attached hydrogens (tertiary/aromatic N) is 1. The van der Waals surface area contributed by atoms with Crippen molar-refractivity contribution in [2.24, 2.45) is 0 Å². The Balaban J connectivity index is 1.79. The van der Waals surface area contributed by atoms with Crippen LogP contribution in [0.1, 0.15) is 18.4 Å². The highest BCUT2D eigenvalue weighted by molar-refractivity contribution is 5.79. The molecule has 0 radical (unpaired) electrons. The van der Waals surface area contributed by atoms with Gasteiger partial charge in [0, 0.05) is 32.8 Å². The average Bonchev–Trinajstić information content (AvgIpc) is 2.61. The number of amides is 1. The smallest absolute Gasteiger partial charge is 0.224 e. The Morgan fingerprint density at radius 3 is 2.50 bits per heavy atom. The summed E-state index contributed by atoms with van der Waals surface area (Å²) in [5, 5.41) is 3.14. The molecule has 1 aliphatic heterocycles. The Morgan fingerprint density at radius 1 is 1.17 bits per heavy atom. The van der Waals surface area contributed by atoms with Crippen LogP contribution in [0.5, 0.6) is 11.5 Å². The van der Waals surface area contributed by atoms with Crippen molar-refractivity contribution in [2.45, 2.75) is 25.3 Å². The molecule has 0 saturated carbocycles. The molecule has 0 bridgehead atoms. The fraction of sp³-hybridized carbons (Fsp3) is 0.611. The molecule has 24 heavy (non-hydrogen) atoms. The number of ether oxygens (including phenoxy) is 3. The summed E-state index contributed by atoms with van der Waals surface area (Å²) in [5.41, 5.74) is 0.919. The molecule has 1 heterocycles. The lowest BCUT2D eigenvalue weighted by molar-refractivity contribution is -0.121. The van der Waals surface area contributed by atoms with Crippen LogP contribution in [0.2, 0.25) is 0 Å². The SMILES string of the molecule is COCCN1CCC(NC(=O)Cc2ccc(OC)c(OC)c2)CC1. The zero-order valence-electron chi connectivity index (χ0n) is 14.8. The lowest BCUT2D eigenvalue weighted by atomic mass is 10.0. The Morgan fingerprint density at radius 2 is 1.88 bits per heavy atom. The summed E-state index contributed by atoms with van der Waals surface area (Å²) >= 11 is 0. The van der Waals surface area contributed by atoms with E-state index in [1.807, 2.05) is 18.2 Å². The number of nitrogens with one attached hydrogen (secondary N) is 1. The summed E-state index contributed by atoms with van der Waals surface area (Å²) in [6.07, 6.45) is 2.33. The first-order chi connectivity index (χ1) is 11.7. The molecule has 1 N–H and O–H groups in total. The van der Waals surface area contributed by atoms with Crippen molar-refractivity contribution in [3.05, 3.63) is 23.8 Å². The van der Waals surface area contributed by atoms with E-state index in [0.717, 1.165) is 44.6 Å². The van der Waals surface area contributed by atoms with Crippen LogP contribution in [0.25, 0.3) is 0 Å². The molecule has 134 valence electrons. The summed E-state index contributed by atoms with van der Waals surface area (Å²) in [6, 6.07) is 5.84. The first-order valence-corrected chi connectivity index (χ1v) is 8.37. The van der Waals surface area contributed by atoms with Gasteiger partial charge in [-0.15, -0.1) is 0 Å². The largest absolute Gasteiger partial charge is 0.493 e. The molecule has 1 aliphatic rings. The van der Waals surface area contributed by atoms with Crippen molar-refractivity contribution in [3.63, 3.8) is 0 Å². The van der Waals surface area contributed by atoms with Gasteiger partial charge in [-0.1, -0.05) is 6.07 Å². The van der Waals surface area contributed by atoms with Crippen LogP contribution in [0.4, 0.5) is 0 Å². The second-order valence-electron chi connectivity index (χ2n) is 6.04. The van der Waals surface area contributed by atoms with Gasteiger partial charge in [0.05, 0.1) is 27.2 Å². The average molecular weight is 336 g/mol. The number of carbonyl (C=O) groups is 1. The summed E-state index contributed by atoms with van der Waals surface area (Å²) < 4.78 is 15.6. The lowest BCUT2D eigenvalue weighted by Gasteiger charge is -2.32. The summed E-state index contributed by atoms with van der Waals surface area (Å²) in [4.78, 5) is 14.6. The van der Waals surface area contributed by atoms with E-state index in [1.54, 1.807) is 21.3 Å². The van der Waals surface area contributed by atoms with Gasteiger partial charge in [-0.3, -0.25) is 4.79 Å². The van der Waals surface area contributed by atoms with E-state index in [-0.39, 0.29) is 11.9 Å². The zero-order chi connectivity index (χ0) is 17.4. The van der Waals surface area contributed by atoms with Crippen LogP contribution in [0.15, 0.2) is 18.2 Å². The fourth-order valence-corrected chi connectivity index (χ4v) is 2.98. The van der Waals surface area contributed by atoms with E-state index >= 15 is 0 Å². The third-order valence-corrected chi connectivity index (χ3v) is 4.38. The summed E-state index contributed by atoms with van der Waals surface area (Å²) in [7, 11) is 4.92. The molecule has 1 saturated heterocycles. The zero-order valence-corrected chi connectivity index (χ0v) is 14.8. The van der Waals surface area contributed by atoms with Gasteiger partial charge in [0.1, 0.15) is 0 Å². The lowest BCUT2D eigenvalue weighted by Crippen LogP contribution is -2.45. The second-order valence-corrected chi connectivity index (χ2v) is 6.04. The van der Waals surface area contributed by atoms with E-state index in [2.05, 4.69) is 10.2 Å². The van der Waals surface area contributed by atoms with E-state index < -0.39 is 0 Å². The minimum atomic E-state index is 0.0533. The topological polar surface area (TPSA) is 60.0 Å². The van der Waals surface area contributed by atoms with Crippen LogP contribution in [0, 0.1) is 0 Å². The van der Waals surface area contributed by atoms with Crippen LogP contribution >= 0.6 is 0 Å². The van der Waals surface area contributed by atoms with Crippen molar-refractivity contribution < 1.29 is 19.0 Å². The van der Waals surface area contributed by atoms with E-state index in [0.29, 0.717) is 17.9 Å². The molecule has 0 aromatic heterocycles. The number of rotatable bonds is 8. The van der Waals surface area contributed by atoms with Gasteiger partial charge in [-0.25, -0.2) is 0 Å². The molecule has 2 rings (SSSR count). The highest BCUT2D eigenvalue weighted by Crippen LogP contribution is 2.27. The van der Waals surface area contributed by atoms with Crippen molar-refractivity contribution >= 4 is 5.91 Å². The van der Waals surface area contributed by atoms with Gasteiger partial charge >= 0.3 is 0 Å². The molecule has 1 amide bonds. The van der Waals surface area contributed by atoms with Gasteiger partial charge in [0.2, 0.25) is 5.91 Å². The monoisotopic (exact) mass is 336 g/mol. The standard InChI is InChI=1S/C18H28N2O4/c1-22-11-10-20-8-6-15(7-9-20)19-18(21)13-14-4-5-16(23-2)17(12-14)24-3/h4-5,12,15H,6-11,13H2,1-3H3,(H,19,21). The summed E-state index contributed by atoms with van der Waals surface area (Å²) in [5.74, 6) is 1.37. The van der Waals surface area contributed by atoms with E-state index in [1.165, 1.54) is 0 Å². The number of benzene rings is 1. The Bertz CT molecular complexity index is 528. The molecule has 0 atom stereocenters. The molecular weight excluding hydrogens is 308 g/mol.